The number of benzene rings is 3. The van der Waals surface area contributed by atoms with E-state index < -0.39 is 0 Å². The number of carbonyl (C=O) groups is 2. The first-order valence-electron chi connectivity index (χ1n) is 9.40. The SMILES string of the molecule is Cc1ccc(NC2=C(Sc3ccc(Cl)cc3)C(=O)N(c3ccccc3)C2=O)c(C)c1. The second-order valence-electron chi connectivity index (χ2n) is 6.98. The van der Waals surface area contributed by atoms with Crippen molar-refractivity contribution in [3.05, 3.63) is 99.5 Å². The molecule has 6 heteroatoms. The van der Waals surface area contributed by atoms with Crippen molar-refractivity contribution in [1.82, 2.24) is 0 Å². The van der Waals surface area contributed by atoms with Crippen molar-refractivity contribution in [2.24, 2.45) is 0 Å². The lowest BCUT2D eigenvalue weighted by Gasteiger charge is -2.15. The zero-order valence-corrected chi connectivity index (χ0v) is 18.1. The van der Waals surface area contributed by atoms with E-state index in [1.807, 2.05) is 50.2 Å². The summed E-state index contributed by atoms with van der Waals surface area (Å²) < 4.78 is 0. The van der Waals surface area contributed by atoms with Crippen LogP contribution < -0.4 is 10.2 Å². The molecule has 0 radical (unpaired) electrons. The smallest absolute Gasteiger partial charge is 0.283 e. The molecule has 3 aromatic rings. The van der Waals surface area contributed by atoms with Crippen molar-refractivity contribution >= 4 is 46.6 Å². The van der Waals surface area contributed by atoms with Crippen molar-refractivity contribution in [2.75, 3.05) is 10.2 Å². The number of rotatable bonds is 5. The molecule has 0 bridgehead atoms. The highest BCUT2D eigenvalue weighted by Gasteiger charge is 2.40. The zero-order valence-electron chi connectivity index (χ0n) is 16.5. The number of hydrogen-bond acceptors (Lipinski definition) is 4. The lowest BCUT2D eigenvalue weighted by Crippen LogP contribution is -2.32. The molecule has 0 aromatic heterocycles. The van der Waals surface area contributed by atoms with E-state index in [2.05, 4.69) is 5.32 Å². The van der Waals surface area contributed by atoms with E-state index in [-0.39, 0.29) is 17.5 Å². The number of carbonyl (C=O) groups excluding carboxylic acids is 2. The van der Waals surface area contributed by atoms with Gasteiger partial charge in [-0.25, -0.2) is 4.90 Å². The number of para-hydroxylation sites is 1. The van der Waals surface area contributed by atoms with Gasteiger partial charge in [0.2, 0.25) is 0 Å². The van der Waals surface area contributed by atoms with Gasteiger partial charge in [-0.05, 0) is 61.9 Å². The minimum Gasteiger partial charge on any atom is -0.350 e. The number of hydrogen-bond donors (Lipinski definition) is 1. The predicted molar refractivity (Wildman–Crippen MR) is 123 cm³/mol. The Kier molecular flexibility index (Phi) is 5.66. The molecule has 0 unspecified atom stereocenters. The fourth-order valence-electron chi connectivity index (χ4n) is 3.24. The van der Waals surface area contributed by atoms with Crippen LogP contribution >= 0.6 is 23.4 Å². The number of aryl methyl sites for hydroxylation is 2. The molecule has 150 valence electrons. The fraction of sp³-hybridized carbons (Fsp3) is 0.0833. The summed E-state index contributed by atoms with van der Waals surface area (Å²) in [5.74, 6) is -0.721. The molecule has 3 aromatic carbocycles. The van der Waals surface area contributed by atoms with Crippen molar-refractivity contribution in [3.63, 3.8) is 0 Å². The topological polar surface area (TPSA) is 49.4 Å². The maximum absolute atomic E-state index is 13.3. The van der Waals surface area contributed by atoms with Crippen LogP contribution in [0.3, 0.4) is 0 Å². The Bertz CT molecular complexity index is 1160. The molecule has 1 N–H and O–H groups in total. The number of nitrogens with one attached hydrogen (secondary N) is 1. The van der Waals surface area contributed by atoms with Crippen molar-refractivity contribution in [2.45, 2.75) is 18.7 Å². The highest BCUT2D eigenvalue weighted by atomic mass is 35.5. The zero-order chi connectivity index (χ0) is 21.3. The number of nitrogens with zero attached hydrogens (tertiary/aromatic N) is 1. The number of thioether (sulfide) groups is 1. The van der Waals surface area contributed by atoms with Gasteiger partial charge in [-0.3, -0.25) is 9.59 Å². The van der Waals surface area contributed by atoms with Crippen LogP contribution in [-0.4, -0.2) is 11.8 Å². The van der Waals surface area contributed by atoms with Gasteiger partial charge in [0.15, 0.2) is 0 Å². The first-order valence-corrected chi connectivity index (χ1v) is 10.6. The molecule has 2 amide bonds. The summed E-state index contributed by atoms with van der Waals surface area (Å²) in [5.41, 5.74) is 3.73. The van der Waals surface area contributed by atoms with Gasteiger partial charge in [-0.15, -0.1) is 0 Å². The van der Waals surface area contributed by atoms with Crippen LogP contribution in [0, 0.1) is 13.8 Å². The highest BCUT2D eigenvalue weighted by Crippen LogP contribution is 2.38. The van der Waals surface area contributed by atoms with Gasteiger partial charge in [-0.2, -0.15) is 0 Å². The van der Waals surface area contributed by atoms with E-state index in [1.54, 1.807) is 36.4 Å². The molecule has 1 aliphatic heterocycles. The largest absolute Gasteiger partial charge is 0.350 e. The second-order valence-corrected chi connectivity index (χ2v) is 8.50. The van der Waals surface area contributed by atoms with Gasteiger partial charge >= 0.3 is 0 Å². The van der Waals surface area contributed by atoms with Gasteiger partial charge < -0.3 is 5.32 Å². The van der Waals surface area contributed by atoms with E-state index in [4.69, 9.17) is 11.6 Å². The van der Waals surface area contributed by atoms with Crippen molar-refractivity contribution < 1.29 is 9.59 Å². The summed E-state index contributed by atoms with van der Waals surface area (Å²) in [5, 5.41) is 3.83. The molecular formula is C24H19ClN2O2S. The molecule has 1 aliphatic rings. The Labute approximate surface area is 184 Å². The number of imide groups is 1. The van der Waals surface area contributed by atoms with Gasteiger partial charge in [0, 0.05) is 15.6 Å². The molecule has 30 heavy (non-hydrogen) atoms. The predicted octanol–water partition coefficient (Wildman–Crippen LogP) is 5.95. The maximum Gasteiger partial charge on any atom is 0.283 e. The number of halogens is 1. The molecule has 0 saturated heterocycles. The van der Waals surface area contributed by atoms with Crippen molar-refractivity contribution in [3.8, 4) is 0 Å². The average Bonchev–Trinajstić information content (AvgIpc) is 2.96. The molecule has 4 rings (SSSR count). The Morgan fingerprint density at radius 3 is 2.23 bits per heavy atom. The minimum absolute atomic E-state index is 0.274. The summed E-state index contributed by atoms with van der Waals surface area (Å²) in [6.07, 6.45) is 0. The first kappa shape index (κ1) is 20.3. The van der Waals surface area contributed by atoms with Crippen LogP contribution in [0.15, 0.2) is 88.3 Å². The van der Waals surface area contributed by atoms with E-state index in [9.17, 15) is 9.59 Å². The lowest BCUT2D eigenvalue weighted by atomic mass is 10.1. The normalized spacial score (nSPS) is 13.9. The standard InChI is InChI=1S/C24H19ClN2O2S/c1-15-8-13-20(16(2)14-15)26-21-22(30-19-11-9-17(25)10-12-19)24(29)27(23(21)28)18-6-4-3-5-7-18/h3-14,26H,1-2H3. The third kappa shape index (κ3) is 3.99. The minimum atomic E-state index is -0.373. The summed E-state index contributed by atoms with van der Waals surface area (Å²) in [7, 11) is 0. The molecule has 0 saturated carbocycles. The molecular weight excluding hydrogens is 416 g/mol. The van der Waals surface area contributed by atoms with Crippen LogP contribution in [0.4, 0.5) is 11.4 Å². The second kappa shape index (κ2) is 8.38. The summed E-state index contributed by atoms with van der Waals surface area (Å²) in [6, 6.07) is 22.1. The summed E-state index contributed by atoms with van der Waals surface area (Å²) in [4.78, 5) is 29.0. The molecule has 0 aliphatic carbocycles. The Hall–Kier alpha value is -3.02. The van der Waals surface area contributed by atoms with Crippen molar-refractivity contribution in [1.29, 1.82) is 0 Å². The monoisotopic (exact) mass is 434 g/mol. The molecule has 0 fully saturated rings. The van der Waals surface area contributed by atoms with Crippen LogP contribution in [0.1, 0.15) is 11.1 Å². The van der Waals surface area contributed by atoms with E-state index >= 15 is 0 Å². The third-order valence-corrected chi connectivity index (χ3v) is 6.07. The van der Waals surface area contributed by atoms with E-state index in [0.717, 1.165) is 21.7 Å². The summed E-state index contributed by atoms with van der Waals surface area (Å²) >= 11 is 7.24. The van der Waals surface area contributed by atoms with Gasteiger partial charge in [0.25, 0.3) is 11.8 Å². The van der Waals surface area contributed by atoms with Crippen LogP contribution in [-0.2, 0) is 9.59 Å². The summed E-state index contributed by atoms with van der Waals surface area (Å²) in [6.45, 7) is 3.98. The highest BCUT2D eigenvalue weighted by molar-refractivity contribution is 8.04. The average molecular weight is 435 g/mol. The van der Waals surface area contributed by atoms with Gasteiger partial charge in [-0.1, -0.05) is 59.3 Å². The quantitative estimate of drug-likeness (QED) is 0.504. The van der Waals surface area contributed by atoms with Crippen LogP contribution in [0.5, 0.6) is 0 Å². The van der Waals surface area contributed by atoms with Crippen LogP contribution in [0.2, 0.25) is 5.02 Å². The third-order valence-electron chi connectivity index (χ3n) is 4.73. The number of anilines is 2. The molecule has 1 heterocycles. The van der Waals surface area contributed by atoms with E-state index in [1.165, 1.54) is 16.7 Å². The first-order chi connectivity index (χ1) is 14.4. The lowest BCUT2D eigenvalue weighted by molar-refractivity contribution is -0.120. The Morgan fingerprint density at radius 1 is 0.867 bits per heavy atom. The van der Waals surface area contributed by atoms with Gasteiger partial charge in [0.05, 0.1) is 5.69 Å². The number of amides is 2. The van der Waals surface area contributed by atoms with E-state index in [0.29, 0.717) is 15.6 Å². The Balaban J connectivity index is 1.76. The van der Waals surface area contributed by atoms with Gasteiger partial charge in [0.1, 0.15) is 10.6 Å². The molecule has 0 atom stereocenters. The Morgan fingerprint density at radius 2 is 1.57 bits per heavy atom. The fourth-order valence-corrected chi connectivity index (χ4v) is 4.29. The maximum atomic E-state index is 13.3. The van der Waals surface area contributed by atoms with Crippen LogP contribution in [0.25, 0.3) is 0 Å². The molecule has 4 nitrogen and oxygen atoms in total. The molecule has 0 spiro atoms.